The number of rotatable bonds is 8. The summed E-state index contributed by atoms with van der Waals surface area (Å²) < 4.78 is 5.25. The second-order valence-electron chi connectivity index (χ2n) is 5.64. The number of ether oxygens (including phenoxy) is 1. The first-order valence-corrected chi connectivity index (χ1v) is 6.56. The van der Waals surface area contributed by atoms with Crippen LogP contribution >= 0.6 is 0 Å². The molecule has 0 bridgehead atoms. The first kappa shape index (κ1) is 17.8. The summed E-state index contributed by atoms with van der Waals surface area (Å²) in [4.78, 5) is 21.8. The van der Waals surface area contributed by atoms with Crippen molar-refractivity contribution in [1.82, 2.24) is 0 Å². The lowest BCUT2D eigenvalue weighted by Gasteiger charge is -2.24. The summed E-state index contributed by atoms with van der Waals surface area (Å²) >= 11 is 0. The molecule has 0 atom stereocenters. The molecule has 0 aromatic rings. The average molecular weight is 274 g/mol. The third kappa shape index (κ3) is 7.72. The third-order valence-electron chi connectivity index (χ3n) is 2.93. The van der Waals surface area contributed by atoms with E-state index in [0.717, 1.165) is 6.42 Å². The number of aliphatic hydroxyl groups is 1. The molecular formula is C14H26O5. The Morgan fingerprint density at radius 3 is 2.05 bits per heavy atom. The maximum atomic E-state index is 11.7. The van der Waals surface area contributed by atoms with Crippen LogP contribution < -0.4 is 0 Å². The molecule has 0 heterocycles. The maximum absolute atomic E-state index is 11.7. The van der Waals surface area contributed by atoms with Gasteiger partial charge in [0.1, 0.15) is 23.9 Å². The van der Waals surface area contributed by atoms with Gasteiger partial charge in [0, 0.05) is 0 Å². The van der Waals surface area contributed by atoms with Crippen molar-refractivity contribution in [3.05, 3.63) is 12.0 Å². The molecule has 0 fully saturated rings. The van der Waals surface area contributed by atoms with E-state index < -0.39 is 17.2 Å². The molecule has 0 aliphatic carbocycles. The molecule has 0 saturated heterocycles. The summed E-state index contributed by atoms with van der Waals surface area (Å²) in [5, 5.41) is 9.03. The van der Waals surface area contributed by atoms with E-state index in [4.69, 9.17) is 19.6 Å². The minimum atomic E-state index is -0.527. The predicted molar refractivity (Wildman–Crippen MR) is 72.3 cm³/mol. The van der Waals surface area contributed by atoms with Gasteiger partial charge in [0.15, 0.2) is 5.76 Å². The molecule has 0 rings (SSSR count). The van der Waals surface area contributed by atoms with Gasteiger partial charge in [-0.25, -0.2) is 0 Å². The molecule has 0 aromatic carbocycles. The zero-order valence-electron chi connectivity index (χ0n) is 12.8. The van der Waals surface area contributed by atoms with Gasteiger partial charge in [-0.1, -0.05) is 13.8 Å². The molecule has 112 valence electrons. The Morgan fingerprint density at radius 2 is 1.63 bits per heavy atom. The lowest BCUT2D eigenvalue weighted by molar-refractivity contribution is -0.329. The van der Waals surface area contributed by atoms with Crippen molar-refractivity contribution in [2.24, 2.45) is 0 Å². The van der Waals surface area contributed by atoms with Gasteiger partial charge in [0.2, 0.25) is 0 Å². The van der Waals surface area contributed by atoms with E-state index in [1.165, 1.54) is 0 Å². The van der Waals surface area contributed by atoms with E-state index in [2.05, 4.69) is 0 Å². The fourth-order valence-corrected chi connectivity index (χ4v) is 0.881. The normalized spacial score (nSPS) is 13.3. The van der Waals surface area contributed by atoms with Gasteiger partial charge in [-0.15, -0.1) is 0 Å². The molecule has 0 saturated carbocycles. The number of esters is 1. The molecule has 0 unspecified atom stereocenters. The molecule has 19 heavy (non-hydrogen) atoms. The van der Waals surface area contributed by atoms with Crippen LogP contribution in [-0.2, 0) is 19.3 Å². The van der Waals surface area contributed by atoms with Crippen molar-refractivity contribution < 1.29 is 24.4 Å². The first-order chi connectivity index (χ1) is 8.65. The lowest BCUT2D eigenvalue weighted by Crippen LogP contribution is -2.28. The van der Waals surface area contributed by atoms with Gasteiger partial charge in [-0.2, -0.15) is 4.89 Å². The number of hydrogen-bond acceptors (Lipinski definition) is 5. The second kappa shape index (κ2) is 7.38. The van der Waals surface area contributed by atoms with E-state index in [9.17, 15) is 4.79 Å². The van der Waals surface area contributed by atoms with E-state index >= 15 is 0 Å². The van der Waals surface area contributed by atoms with Crippen LogP contribution in [0.3, 0.4) is 0 Å². The van der Waals surface area contributed by atoms with Gasteiger partial charge < -0.3 is 14.7 Å². The summed E-state index contributed by atoms with van der Waals surface area (Å²) in [7, 11) is 0. The minimum Gasteiger partial charge on any atom is -0.512 e. The SMILES string of the molecule is CCC(C)(C)OO/C(=C/O)CC(=O)OC(C)(C)CC. The average Bonchev–Trinajstić information content (AvgIpc) is 2.33. The second-order valence-corrected chi connectivity index (χ2v) is 5.64. The smallest absolute Gasteiger partial charge is 0.314 e. The van der Waals surface area contributed by atoms with Gasteiger partial charge in [-0.05, 0) is 40.5 Å². The highest BCUT2D eigenvalue weighted by atomic mass is 17.2. The van der Waals surface area contributed by atoms with Crippen LogP contribution in [0.2, 0.25) is 0 Å². The zero-order chi connectivity index (χ0) is 15.1. The number of hydrogen-bond donors (Lipinski definition) is 1. The summed E-state index contributed by atoms with van der Waals surface area (Å²) in [6.07, 6.45) is 1.99. The van der Waals surface area contributed by atoms with E-state index in [-0.39, 0.29) is 12.2 Å². The number of carbonyl (C=O) groups excluding carboxylic acids is 1. The van der Waals surface area contributed by atoms with Crippen LogP contribution in [0.4, 0.5) is 0 Å². The standard InChI is InChI=1S/C14H26O5/c1-7-13(3,4)17-12(16)9-11(10-15)18-19-14(5,6)8-2/h10,15H,7-9H2,1-6H3/b11-10+. The highest BCUT2D eigenvalue weighted by Crippen LogP contribution is 2.19. The van der Waals surface area contributed by atoms with Crippen molar-refractivity contribution in [2.75, 3.05) is 0 Å². The van der Waals surface area contributed by atoms with Crippen LogP contribution in [0.5, 0.6) is 0 Å². The molecule has 0 radical (unpaired) electrons. The Balaban J connectivity index is 4.32. The highest BCUT2D eigenvalue weighted by molar-refractivity contribution is 5.72. The Labute approximate surface area is 115 Å². The number of carbonyl (C=O) groups is 1. The highest BCUT2D eigenvalue weighted by Gasteiger charge is 2.23. The molecule has 0 aliphatic heterocycles. The summed E-state index contributed by atoms with van der Waals surface area (Å²) in [5.74, 6) is -0.441. The fraction of sp³-hybridized carbons (Fsp3) is 0.786. The Morgan fingerprint density at radius 1 is 1.11 bits per heavy atom. The predicted octanol–water partition coefficient (Wildman–Crippen LogP) is 3.64. The van der Waals surface area contributed by atoms with Crippen molar-refractivity contribution in [3.63, 3.8) is 0 Å². The van der Waals surface area contributed by atoms with Crippen LogP contribution in [0, 0.1) is 0 Å². The molecule has 0 aromatic heterocycles. The summed E-state index contributed by atoms with van der Waals surface area (Å²) in [6.45, 7) is 11.2. The molecule has 0 spiro atoms. The zero-order valence-corrected chi connectivity index (χ0v) is 12.8. The largest absolute Gasteiger partial charge is 0.512 e. The van der Waals surface area contributed by atoms with Crippen molar-refractivity contribution >= 4 is 5.97 Å². The molecule has 0 amide bonds. The Hall–Kier alpha value is -1.23. The van der Waals surface area contributed by atoms with Gasteiger partial charge in [-0.3, -0.25) is 4.79 Å². The van der Waals surface area contributed by atoms with Crippen LogP contribution in [0.1, 0.15) is 60.8 Å². The van der Waals surface area contributed by atoms with E-state index in [1.54, 1.807) is 0 Å². The van der Waals surface area contributed by atoms with Crippen LogP contribution in [-0.4, -0.2) is 22.3 Å². The molecule has 5 nitrogen and oxygen atoms in total. The Kier molecular flexibility index (Phi) is 6.90. The maximum Gasteiger partial charge on any atom is 0.314 e. The van der Waals surface area contributed by atoms with Gasteiger partial charge in [0.05, 0.1) is 0 Å². The molecule has 0 aliphatic rings. The number of aliphatic hydroxyl groups excluding tert-OH is 1. The first-order valence-electron chi connectivity index (χ1n) is 6.56. The van der Waals surface area contributed by atoms with Crippen LogP contribution in [0.15, 0.2) is 12.0 Å². The third-order valence-corrected chi connectivity index (χ3v) is 2.93. The monoisotopic (exact) mass is 274 g/mol. The molecular weight excluding hydrogens is 248 g/mol. The fourth-order valence-electron chi connectivity index (χ4n) is 0.881. The van der Waals surface area contributed by atoms with Crippen molar-refractivity contribution in [3.8, 4) is 0 Å². The lowest BCUT2D eigenvalue weighted by atomic mass is 10.1. The van der Waals surface area contributed by atoms with E-state index in [0.29, 0.717) is 12.7 Å². The summed E-state index contributed by atoms with van der Waals surface area (Å²) in [5.41, 5.74) is -1.01. The van der Waals surface area contributed by atoms with Crippen molar-refractivity contribution in [2.45, 2.75) is 72.0 Å². The molecule has 5 heteroatoms. The van der Waals surface area contributed by atoms with Crippen LogP contribution in [0.25, 0.3) is 0 Å². The Bertz CT molecular complexity index is 318. The van der Waals surface area contributed by atoms with Crippen molar-refractivity contribution in [1.29, 1.82) is 0 Å². The topological polar surface area (TPSA) is 65.0 Å². The minimum absolute atomic E-state index is 0.0263. The van der Waals surface area contributed by atoms with E-state index in [1.807, 2.05) is 41.5 Å². The van der Waals surface area contributed by atoms with Gasteiger partial charge >= 0.3 is 5.97 Å². The summed E-state index contributed by atoms with van der Waals surface area (Å²) in [6, 6.07) is 0. The van der Waals surface area contributed by atoms with Gasteiger partial charge in [0.25, 0.3) is 0 Å². The quantitative estimate of drug-likeness (QED) is 0.317. The molecule has 1 N–H and O–H groups in total.